The van der Waals surface area contributed by atoms with Crippen molar-refractivity contribution in [2.75, 3.05) is 25.3 Å². The van der Waals surface area contributed by atoms with E-state index in [2.05, 4.69) is 15.5 Å². The first-order valence-electron chi connectivity index (χ1n) is 9.56. The van der Waals surface area contributed by atoms with Crippen LogP contribution < -0.4 is 14.8 Å². The third kappa shape index (κ3) is 5.60. The molecule has 0 saturated carbocycles. The predicted octanol–water partition coefficient (Wildman–Crippen LogP) is 2.85. The van der Waals surface area contributed by atoms with Crippen LogP contribution in [0.2, 0.25) is 0 Å². The molecule has 0 aliphatic heterocycles. The van der Waals surface area contributed by atoms with Gasteiger partial charge in [0.15, 0.2) is 15.0 Å². The number of aromatic nitrogens is 3. The number of carbonyl (C=O) groups excluding carboxylic acids is 1. The lowest BCUT2D eigenvalue weighted by Gasteiger charge is -2.11. The molecule has 9 nitrogen and oxygen atoms in total. The van der Waals surface area contributed by atoms with Crippen molar-refractivity contribution in [2.45, 2.75) is 22.7 Å². The summed E-state index contributed by atoms with van der Waals surface area (Å²) in [5.41, 5.74) is 1.49. The van der Waals surface area contributed by atoms with Gasteiger partial charge in [0, 0.05) is 13.1 Å². The first-order valence-corrected chi connectivity index (χ1v) is 12.2. The van der Waals surface area contributed by atoms with Crippen molar-refractivity contribution in [3.8, 4) is 11.5 Å². The largest absolute Gasteiger partial charge is 0.497 e. The first kappa shape index (κ1) is 23.6. The smallest absolute Gasteiger partial charge is 0.234 e. The summed E-state index contributed by atoms with van der Waals surface area (Å²) in [7, 11) is 1.16. The van der Waals surface area contributed by atoms with Crippen LogP contribution in [0.25, 0.3) is 0 Å². The SMILES string of the molecule is COc1ccc(NC(=O)CSc2nnc(CS(=O)(=O)c3ccc(C)cc3)n2C)c(OC)c1. The van der Waals surface area contributed by atoms with Gasteiger partial charge in [-0.05, 0) is 31.2 Å². The lowest BCUT2D eigenvalue weighted by molar-refractivity contribution is -0.113. The maximum absolute atomic E-state index is 12.7. The highest BCUT2D eigenvalue weighted by atomic mass is 32.2. The predicted molar refractivity (Wildman–Crippen MR) is 122 cm³/mol. The quantitative estimate of drug-likeness (QED) is 0.469. The molecule has 0 atom stereocenters. The van der Waals surface area contributed by atoms with Crippen LogP contribution in [0.15, 0.2) is 52.5 Å². The molecule has 3 aromatic rings. The molecular formula is C21H24N4O5S2. The van der Waals surface area contributed by atoms with E-state index >= 15 is 0 Å². The third-order valence-corrected chi connectivity index (χ3v) is 7.29. The van der Waals surface area contributed by atoms with Crippen LogP contribution in [-0.4, -0.2) is 49.1 Å². The van der Waals surface area contributed by atoms with Gasteiger partial charge in [-0.3, -0.25) is 4.79 Å². The van der Waals surface area contributed by atoms with E-state index in [1.54, 1.807) is 61.2 Å². The highest BCUT2D eigenvalue weighted by molar-refractivity contribution is 7.99. The number of methoxy groups -OCH3 is 2. The van der Waals surface area contributed by atoms with E-state index < -0.39 is 9.84 Å². The van der Waals surface area contributed by atoms with Crippen molar-refractivity contribution in [2.24, 2.45) is 7.05 Å². The molecule has 0 bridgehead atoms. The molecule has 1 N–H and O–H groups in total. The molecule has 0 unspecified atom stereocenters. The Kier molecular flexibility index (Phi) is 7.41. The fourth-order valence-corrected chi connectivity index (χ4v) is 4.85. The minimum Gasteiger partial charge on any atom is -0.497 e. The van der Waals surface area contributed by atoms with Gasteiger partial charge in [0.2, 0.25) is 5.91 Å². The lowest BCUT2D eigenvalue weighted by Crippen LogP contribution is -2.15. The number of rotatable bonds is 9. The maximum atomic E-state index is 12.7. The van der Waals surface area contributed by atoms with Gasteiger partial charge in [-0.1, -0.05) is 29.5 Å². The molecule has 32 heavy (non-hydrogen) atoms. The fraction of sp³-hybridized carbons (Fsp3) is 0.286. The Labute approximate surface area is 191 Å². The summed E-state index contributed by atoms with van der Waals surface area (Å²) >= 11 is 1.16. The number of carbonyl (C=O) groups is 1. The minimum absolute atomic E-state index is 0.0614. The molecule has 0 saturated heterocycles. The summed E-state index contributed by atoms with van der Waals surface area (Å²) in [5.74, 6) is 0.897. The van der Waals surface area contributed by atoms with E-state index in [9.17, 15) is 13.2 Å². The second kappa shape index (κ2) is 10.0. The van der Waals surface area contributed by atoms with Crippen molar-refractivity contribution in [1.82, 2.24) is 14.8 Å². The van der Waals surface area contributed by atoms with Gasteiger partial charge in [0.25, 0.3) is 0 Å². The normalized spacial score (nSPS) is 11.2. The number of ether oxygens (including phenoxy) is 2. The van der Waals surface area contributed by atoms with Crippen LogP contribution in [0.5, 0.6) is 11.5 Å². The van der Waals surface area contributed by atoms with Crippen molar-refractivity contribution < 1.29 is 22.7 Å². The average Bonchev–Trinajstić information content (AvgIpc) is 3.11. The number of nitrogens with one attached hydrogen (secondary N) is 1. The summed E-state index contributed by atoms with van der Waals surface area (Å²) in [4.78, 5) is 12.6. The Balaban J connectivity index is 1.63. The van der Waals surface area contributed by atoms with Crippen molar-refractivity contribution >= 4 is 33.2 Å². The Hall–Kier alpha value is -3.05. The first-order chi connectivity index (χ1) is 15.2. The van der Waals surface area contributed by atoms with Crippen molar-refractivity contribution in [3.63, 3.8) is 0 Å². The van der Waals surface area contributed by atoms with E-state index in [-0.39, 0.29) is 22.3 Å². The molecule has 1 aromatic heterocycles. The summed E-state index contributed by atoms with van der Waals surface area (Å²) in [6, 6.07) is 11.7. The van der Waals surface area contributed by atoms with E-state index in [1.807, 2.05) is 6.92 Å². The van der Waals surface area contributed by atoms with E-state index in [4.69, 9.17) is 9.47 Å². The highest BCUT2D eigenvalue weighted by Crippen LogP contribution is 2.29. The molecule has 0 fully saturated rings. The second-order valence-corrected chi connectivity index (χ2v) is 9.87. The van der Waals surface area contributed by atoms with Crippen LogP contribution in [0.1, 0.15) is 11.4 Å². The molecule has 2 aromatic carbocycles. The molecule has 0 aliphatic carbocycles. The molecule has 170 valence electrons. The molecule has 1 heterocycles. The number of benzene rings is 2. The van der Waals surface area contributed by atoms with Crippen molar-refractivity contribution in [1.29, 1.82) is 0 Å². The van der Waals surface area contributed by atoms with Crippen LogP contribution in [0.3, 0.4) is 0 Å². The van der Waals surface area contributed by atoms with E-state index in [1.165, 1.54) is 7.11 Å². The summed E-state index contributed by atoms with van der Waals surface area (Å²) in [6.45, 7) is 1.89. The summed E-state index contributed by atoms with van der Waals surface area (Å²) in [6.07, 6.45) is 0. The number of aryl methyl sites for hydroxylation is 1. The standard InChI is InChI=1S/C21H24N4O5S2/c1-14-5-8-16(9-6-14)32(27,28)13-19-23-24-21(25(19)2)31-12-20(26)22-17-10-7-15(29-3)11-18(17)30-4/h5-11H,12-13H2,1-4H3,(H,22,26). The summed E-state index contributed by atoms with van der Waals surface area (Å²) in [5, 5.41) is 11.3. The molecule has 0 aliphatic rings. The Morgan fingerprint density at radius 2 is 1.81 bits per heavy atom. The van der Waals surface area contributed by atoms with E-state index in [0.29, 0.717) is 28.2 Å². The van der Waals surface area contributed by atoms with E-state index in [0.717, 1.165) is 17.3 Å². The Bertz CT molecular complexity index is 1210. The summed E-state index contributed by atoms with van der Waals surface area (Å²) < 4.78 is 37.4. The monoisotopic (exact) mass is 476 g/mol. The van der Waals surface area contributed by atoms with Crippen LogP contribution >= 0.6 is 11.8 Å². The Morgan fingerprint density at radius 1 is 1.09 bits per heavy atom. The highest BCUT2D eigenvalue weighted by Gasteiger charge is 2.21. The molecular weight excluding hydrogens is 452 g/mol. The number of sulfone groups is 1. The zero-order valence-electron chi connectivity index (χ0n) is 18.2. The van der Waals surface area contributed by atoms with Gasteiger partial charge >= 0.3 is 0 Å². The lowest BCUT2D eigenvalue weighted by atomic mass is 10.2. The van der Waals surface area contributed by atoms with Crippen LogP contribution in [0, 0.1) is 6.92 Å². The number of nitrogens with zero attached hydrogens (tertiary/aromatic N) is 3. The number of anilines is 1. The number of thioether (sulfide) groups is 1. The van der Waals surface area contributed by atoms with Gasteiger partial charge in [0.1, 0.15) is 23.1 Å². The zero-order valence-corrected chi connectivity index (χ0v) is 19.8. The molecule has 3 rings (SSSR count). The second-order valence-electron chi connectivity index (χ2n) is 6.93. The third-order valence-electron chi connectivity index (χ3n) is 4.64. The maximum Gasteiger partial charge on any atom is 0.234 e. The van der Waals surface area contributed by atoms with Gasteiger partial charge in [-0.25, -0.2) is 8.42 Å². The number of hydrogen-bond acceptors (Lipinski definition) is 8. The fourth-order valence-electron chi connectivity index (χ4n) is 2.81. The minimum atomic E-state index is -3.56. The molecule has 1 amide bonds. The molecule has 0 spiro atoms. The zero-order chi connectivity index (χ0) is 23.3. The van der Waals surface area contributed by atoms with Gasteiger partial charge < -0.3 is 19.4 Å². The van der Waals surface area contributed by atoms with Crippen LogP contribution in [-0.2, 0) is 27.4 Å². The average molecular weight is 477 g/mol. The van der Waals surface area contributed by atoms with Gasteiger partial charge in [-0.15, -0.1) is 10.2 Å². The van der Waals surface area contributed by atoms with Gasteiger partial charge in [0.05, 0.1) is 30.6 Å². The van der Waals surface area contributed by atoms with Crippen molar-refractivity contribution in [3.05, 3.63) is 53.9 Å². The van der Waals surface area contributed by atoms with Gasteiger partial charge in [-0.2, -0.15) is 0 Å². The molecule has 0 radical (unpaired) electrons. The number of hydrogen-bond donors (Lipinski definition) is 1. The number of amides is 1. The molecule has 11 heteroatoms. The van der Waals surface area contributed by atoms with Crippen LogP contribution in [0.4, 0.5) is 5.69 Å². The topological polar surface area (TPSA) is 112 Å². The Morgan fingerprint density at radius 3 is 2.47 bits per heavy atom.